The predicted octanol–water partition coefficient (Wildman–Crippen LogP) is 1.40. The molecule has 0 saturated carbocycles. The second-order valence-electron chi connectivity index (χ2n) is 3.17. The standard InChI is InChI=1S/C9H8Cl2N4/c10-6-2-1-5(3-7(6)11)8-4-14-9(12,13)15-8/h1-4H,12-13H2. The minimum atomic E-state index is -1.36. The second-order valence-corrected chi connectivity index (χ2v) is 3.98. The molecule has 78 valence electrons. The molecule has 1 aromatic rings. The lowest BCUT2D eigenvalue weighted by molar-refractivity contribution is 0.504. The van der Waals surface area contributed by atoms with Crippen LogP contribution in [0.5, 0.6) is 0 Å². The van der Waals surface area contributed by atoms with Crippen molar-refractivity contribution in [3.05, 3.63) is 33.8 Å². The van der Waals surface area contributed by atoms with Crippen LogP contribution in [-0.4, -0.2) is 17.8 Å². The van der Waals surface area contributed by atoms with E-state index < -0.39 is 5.91 Å². The average Bonchev–Trinajstić information content (AvgIpc) is 2.51. The first-order valence-corrected chi connectivity index (χ1v) is 4.92. The maximum Gasteiger partial charge on any atom is 0.260 e. The first kappa shape index (κ1) is 10.6. The van der Waals surface area contributed by atoms with E-state index in [0.717, 1.165) is 5.56 Å². The fourth-order valence-electron chi connectivity index (χ4n) is 1.21. The van der Waals surface area contributed by atoms with Crippen molar-refractivity contribution in [2.45, 2.75) is 5.91 Å². The van der Waals surface area contributed by atoms with E-state index in [4.69, 9.17) is 34.7 Å². The van der Waals surface area contributed by atoms with Gasteiger partial charge >= 0.3 is 0 Å². The third-order valence-electron chi connectivity index (χ3n) is 1.91. The van der Waals surface area contributed by atoms with Crippen molar-refractivity contribution < 1.29 is 0 Å². The monoisotopic (exact) mass is 242 g/mol. The maximum atomic E-state index is 5.87. The van der Waals surface area contributed by atoms with Gasteiger partial charge in [0, 0.05) is 5.56 Å². The van der Waals surface area contributed by atoms with Crippen molar-refractivity contribution in [2.24, 2.45) is 21.5 Å². The van der Waals surface area contributed by atoms with Crippen LogP contribution in [-0.2, 0) is 0 Å². The summed E-state index contributed by atoms with van der Waals surface area (Å²) >= 11 is 11.7. The summed E-state index contributed by atoms with van der Waals surface area (Å²) in [5, 5.41) is 0.944. The first-order chi connectivity index (χ1) is 6.98. The maximum absolute atomic E-state index is 5.87. The van der Waals surface area contributed by atoms with Gasteiger partial charge in [0.15, 0.2) is 0 Å². The molecule has 1 heterocycles. The van der Waals surface area contributed by atoms with E-state index in [0.29, 0.717) is 15.8 Å². The van der Waals surface area contributed by atoms with Crippen LogP contribution in [0.2, 0.25) is 10.0 Å². The Kier molecular flexibility index (Phi) is 2.52. The molecule has 2 rings (SSSR count). The summed E-state index contributed by atoms with van der Waals surface area (Å²) in [6.07, 6.45) is 1.51. The quantitative estimate of drug-likeness (QED) is 0.731. The molecule has 1 aliphatic rings. The summed E-state index contributed by atoms with van der Waals surface area (Å²) in [6.45, 7) is 0. The summed E-state index contributed by atoms with van der Waals surface area (Å²) in [5.41, 5.74) is 12.4. The topological polar surface area (TPSA) is 76.8 Å². The SMILES string of the molecule is NC1(N)N=CC(c2ccc(Cl)c(Cl)c2)=N1. The van der Waals surface area contributed by atoms with E-state index >= 15 is 0 Å². The van der Waals surface area contributed by atoms with Crippen LogP contribution in [0.25, 0.3) is 0 Å². The number of nitrogens with zero attached hydrogens (tertiary/aromatic N) is 2. The van der Waals surface area contributed by atoms with Gasteiger partial charge in [-0.1, -0.05) is 29.3 Å². The molecule has 0 aliphatic carbocycles. The minimum absolute atomic E-state index is 0.455. The van der Waals surface area contributed by atoms with Gasteiger partial charge in [-0.05, 0) is 12.1 Å². The predicted molar refractivity (Wildman–Crippen MR) is 62.6 cm³/mol. The van der Waals surface area contributed by atoms with E-state index in [9.17, 15) is 0 Å². The number of rotatable bonds is 1. The summed E-state index contributed by atoms with van der Waals surface area (Å²) in [6, 6.07) is 5.15. The van der Waals surface area contributed by atoms with Crippen LogP contribution in [0, 0.1) is 0 Å². The fraction of sp³-hybridized carbons (Fsp3) is 0.111. The van der Waals surface area contributed by atoms with E-state index in [1.54, 1.807) is 18.2 Å². The molecule has 0 amide bonds. The molecule has 1 aromatic carbocycles. The van der Waals surface area contributed by atoms with Crippen molar-refractivity contribution in [1.82, 2.24) is 0 Å². The normalized spacial score (nSPS) is 18.0. The van der Waals surface area contributed by atoms with E-state index in [-0.39, 0.29) is 0 Å². The lowest BCUT2D eigenvalue weighted by Crippen LogP contribution is -2.43. The number of benzene rings is 1. The summed E-state index contributed by atoms with van der Waals surface area (Å²) in [4.78, 5) is 7.84. The first-order valence-electron chi connectivity index (χ1n) is 4.16. The van der Waals surface area contributed by atoms with Crippen LogP contribution >= 0.6 is 23.2 Å². The molecule has 6 heteroatoms. The zero-order valence-electron chi connectivity index (χ0n) is 7.61. The zero-order chi connectivity index (χ0) is 11.1. The highest BCUT2D eigenvalue weighted by molar-refractivity contribution is 6.44. The van der Waals surface area contributed by atoms with E-state index in [1.807, 2.05) is 0 Å². The molecule has 4 N–H and O–H groups in total. The van der Waals surface area contributed by atoms with Crippen molar-refractivity contribution >= 4 is 35.1 Å². The molecule has 15 heavy (non-hydrogen) atoms. The Morgan fingerprint density at radius 3 is 2.40 bits per heavy atom. The average molecular weight is 243 g/mol. The largest absolute Gasteiger partial charge is 0.275 e. The summed E-state index contributed by atoms with van der Waals surface area (Å²) in [5.74, 6) is -1.36. The molecule has 0 radical (unpaired) electrons. The Morgan fingerprint density at radius 1 is 1.13 bits per heavy atom. The van der Waals surface area contributed by atoms with E-state index in [2.05, 4.69) is 9.98 Å². The number of aliphatic imine (C=N–C) groups is 2. The van der Waals surface area contributed by atoms with Gasteiger partial charge in [0.1, 0.15) is 0 Å². The third-order valence-corrected chi connectivity index (χ3v) is 2.65. The minimum Gasteiger partial charge on any atom is -0.275 e. The molecule has 0 spiro atoms. The van der Waals surface area contributed by atoms with Crippen LogP contribution in [0.4, 0.5) is 0 Å². The molecule has 0 saturated heterocycles. The van der Waals surface area contributed by atoms with Gasteiger partial charge < -0.3 is 0 Å². The number of nitrogens with two attached hydrogens (primary N) is 2. The van der Waals surface area contributed by atoms with Gasteiger partial charge in [0.05, 0.1) is 22.0 Å². The summed E-state index contributed by atoms with van der Waals surface area (Å²) in [7, 11) is 0. The molecule has 1 aliphatic heterocycles. The number of halogens is 2. The molecular weight excluding hydrogens is 235 g/mol. The lowest BCUT2D eigenvalue weighted by atomic mass is 10.1. The number of hydrogen-bond donors (Lipinski definition) is 2. The Labute approximate surface area is 96.6 Å². The van der Waals surface area contributed by atoms with Crippen molar-refractivity contribution in [2.75, 3.05) is 0 Å². The Hall–Kier alpha value is -0.940. The third kappa shape index (κ3) is 2.18. The fourth-order valence-corrected chi connectivity index (χ4v) is 1.51. The van der Waals surface area contributed by atoms with Gasteiger partial charge in [0.2, 0.25) is 0 Å². The van der Waals surface area contributed by atoms with Crippen molar-refractivity contribution in [3.8, 4) is 0 Å². The highest BCUT2D eigenvalue weighted by atomic mass is 35.5. The van der Waals surface area contributed by atoms with Gasteiger partial charge in [-0.3, -0.25) is 11.5 Å². The van der Waals surface area contributed by atoms with Crippen LogP contribution in [0.3, 0.4) is 0 Å². The van der Waals surface area contributed by atoms with Gasteiger partial charge in [0.25, 0.3) is 5.91 Å². The highest BCUT2D eigenvalue weighted by Crippen LogP contribution is 2.23. The van der Waals surface area contributed by atoms with Gasteiger partial charge in [-0.15, -0.1) is 0 Å². The van der Waals surface area contributed by atoms with Gasteiger partial charge in [-0.25, -0.2) is 9.98 Å². The number of hydrogen-bond acceptors (Lipinski definition) is 4. The molecule has 0 fully saturated rings. The zero-order valence-corrected chi connectivity index (χ0v) is 9.13. The lowest BCUT2D eigenvalue weighted by Gasteiger charge is -2.08. The van der Waals surface area contributed by atoms with E-state index in [1.165, 1.54) is 6.21 Å². The van der Waals surface area contributed by atoms with Crippen LogP contribution < -0.4 is 11.5 Å². The molecular formula is C9H8Cl2N4. The Morgan fingerprint density at radius 2 is 1.87 bits per heavy atom. The highest BCUT2D eigenvalue weighted by Gasteiger charge is 2.22. The molecule has 0 unspecified atom stereocenters. The van der Waals surface area contributed by atoms with Crippen LogP contribution in [0.15, 0.2) is 28.2 Å². The molecule has 0 aromatic heterocycles. The van der Waals surface area contributed by atoms with Crippen LogP contribution in [0.1, 0.15) is 5.56 Å². The summed E-state index contributed by atoms with van der Waals surface area (Å²) < 4.78 is 0. The van der Waals surface area contributed by atoms with Crippen molar-refractivity contribution in [1.29, 1.82) is 0 Å². The smallest absolute Gasteiger partial charge is 0.260 e. The molecule has 4 nitrogen and oxygen atoms in total. The Bertz CT molecular complexity index is 465. The molecule has 0 bridgehead atoms. The Balaban J connectivity index is 2.41. The van der Waals surface area contributed by atoms with Crippen molar-refractivity contribution in [3.63, 3.8) is 0 Å². The second kappa shape index (κ2) is 3.57. The van der Waals surface area contributed by atoms with Gasteiger partial charge in [-0.2, -0.15) is 0 Å². The molecule has 0 atom stereocenters.